The smallest absolute Gasteiger partial charge is 0.227 e. The van der Waals surface area contributed by atoms with Crippen molar-refractivity contribution in [1.82, 2.24) is 4.90 Å². The molecule has 2 rings (SSSR count). The lowest BCUT2D eigenvalue weighted by atomic mass is 10.0. The Balaban J connectivity index is 1.76. The van der Waals surface area contributed by atoms with E-state index < -0.39 is 6.04 Å². The number of carbonyl (C=O) groups excluding carboxylic acids is 3. The van der Waals surface area contributed by atoms with E-state index in [1.54, 1.807) is 0 Å². The SMILES string of the molecule is NCCC[CH+][C@H](N)C(=O)CCCCCCCN(CCCCCCCC(=O)[C@@H](N)CCCCN)C(=O)Cc1cccc2ccccc12. The first-order chi connectivity index (χ1) is 22.4. The van der Waals surface area contributed by atoms with Crippen LogP contribution in [0.5, 0.6) is 0 Å². The van der Waals surface area contributed by atoms with Crippen LogP contribution in [0.15, 0.2) is 42.5 Å². The molecule has 1 amide bonds. The highest BCUT2D eigenvalue weighted by Gasteiger charge is 2.20. The number of nitrogens with zero attached hydrogens (tertiary/aromatic N) is 1. The number of nitrogens with two attached hydrogens (primary N) is 4. The third-order valence-corrected chi connectivity index (χ3v) is 8.86. The van der Waals surface area contributed by atoms with Crippen molar-refractivity contribution in [3.63, 3.8) is 0 Å². The van der Waals surface area contributed by atoms with E-state index in [0.29, 0.717) is 32.4 Å². The molecule has 2 aromatic rings. The van der Waals surface area contributed by atoms with Gasteiger partial charge in [0, 0.05) is 25.9 Å². The minimum Gasteiger partial charge on any atom is -0.342 e. The van der Waals surface area contributed by atoms with Crippen LogP contribution < -0.4 is 22.9 Å². The minimum absolute atomic E-state index is 0.107. The number of fused-ring (bicyclic) bond motifs is 1. The molecule has 0 spiro atoms. The van der Waals surface area contributed by atoms with Crippen molar-refractivity contribution in [3.05, 3.63) is 54.4 Å². The minimum atomic E-state index is -0.481. The van der Waals surface area contributed by atoms with Crippen LogP contribution in [0.1, 0.15) is 115 Å². The van der Waals surface area contributed by atoms with Gasteiger partial charge in [-0.2, -0.15) is 0 Å². The summed E-state index contributed by atoms with van der Waals surface area (Å²) in [6.07, 6.45) is 17.3. The number of rotatable bonds is 28. The van der Waals surface area contributed by atoms with Gasteiger partial charge in [0.1, 0.15) is 12.2 Å². The second-order valence-corrected chi connectivity index (χ2v) is 12.7. The lowest BCUT2D eigenvalue weighted by Crippen LogP contribution is -2.34. The summed E-state index contributed by atoms with van der Waals surface area (Å²) in [6.45, 7) is 2.75. The van der Waals surface area contributed by atoms with Crippen LogP contribution in [0.4, 0.5) is 0 Å². The predicted molar refractivity (Wildman–Crippen MR) is 191 cm³/mol. The zero-order valence-corrected chi connectivity index (χ0v) is 28.3. The summed E-state index contributed by atoms with van der Waals surface area (Å²) >= 11 is 0. The number of benzene rings is 2. The highest BCUT2D eigenvalue weighted by Crippen LogP contribution is 2.20. The van der Waals surface area contributed by atoms with Crippen molar-refractivity contribution in [2.45, 2.75) is 128 Å². The molecular formula is C38H62N5O3+. The maximum absolute atomic E-state index is 13.6. The predicted octanol–water partition coefficient (Wildman–Crippen LogP) is 5.76. The average Bonchev–Trinajstić information content (AvgIpc) is 3.06. The molecule has 0 bridgehead atoms. The zero-order valence-electron chi connectivity index (χ0n) is 28.3. The molecule has 8 heteroatoms. The number of ketones is 2. The summed E-state index contributed by atoms with van der Waals surface area (Å²) in [6, 6.07) is 13.6. The fraction of sp³-hybridized carbons (Fsp3) is 0.632. The van der Waals surface area contributed by atoms with E-state index in [1.807, 2.05) is 29.5 Å². The second-order valence-electron chi connectivity index (χ2n) is 12.7. The average molecular weight is 637 g/mol. The lowest BCUT2D eigenvalue weighted by molar-refractivity contribution is -0.130. The monoisotopic (exact) mass is 636 g/mol. The van der Waals surface area contributed by atoms with Gasteiger partial charge in [0.25, 0.3) is 0 Å². The molecule has 0 saturated heterocycles. The zero-order chi connectivity index (χ0) is 33.4. The largest absolute Gasteiger partial charge is 0.342 e. The van der Waals surface area contributed by atoms with E-state index in [-0.39, 0.29) is 23.5 Å². The molecule has 0 unspecified atom stereocenters. The highest BCUT2D eigenvalue weighted by atomic mass is 16.2. The van der Waals surface area contributed by atoms with E-state index in [2.05, 4.69) is 24.3 Å². The lowest BCUT2D eigenvalue weighted by Gasteiger charge is -2.23. The van der Waals surface area contributed by atoms with E-state index in [0.717, 1.165) is 126 Å². The van der Waals surface area contributed by atoms with Crippen molar-refractivity contribution < 1.29 is 14.4 Å². The van der Waals surface area contributed by atoms with E-state index in [4.69, 9.17) is 22.9 Å². The van der Waals surface area contributed by atoms with Crippen LogP contribution in [0.3, 0.4) is 0 Å². The van der Waals surface area contributed by atoms with Gasteiger partial charge < -0.3 is 22.1 Å². The van der Waals surface area contributed by atoms with Gasteiger partial charge in [-0.1, -0.05) is 87.4 Å². The van der Waals surface area contributed by atoms with Crippen molar-refractivity contribution >= 4 is 28.2 Å². The first-order valence-corrected chi connectivity index (χ1v) is 17.9. The maximum atomic E-state index is 13.6. The number of carbonyl (C=O) groups is 3. The Morgan fingerprint density at radius 1 is 0.652 bits per heavy atom. The fourth-order valence-corrected chi connectivity index (χ4v) is 5.92. The number of unbranched alkanes of at least 4 members (excludes halogenated alkanes) is 10. The first kappa shape index (κ1) is 39.4. The molecule has 8 nitrogen and oxygen atoms in total. The summed E-state index contributed by atoms with van der Waals surface area (Å²) in [5.41, 5.74) is 24.1. The Kier molecular flexibility index (Phi) is 20.9. The molecule has 0 aliphatic rings. The number of hydrogen-bond acceptors (Lipinski definition) is 7. The van der Waals surface area contributed by atoms with Gasteiger partial charge in [-0.15, -0.1) is 0 Å². The summed E-state index contributed by atoms with van der Waals surface area (Å²) in [7, 11) is 0. The Labute approximate surface area is 278 Å². The van der Waals surface area contributed by atoms with E-state index >= 15 is 0 Å². The van der Waals surface area contributed by atoms with Crippen molar-refractivity contribution in [2.75, 3.05) is 26.2 Å². The molecule has 0 fully saturated rings. The highest BCUT2D eigenvalue weighted by molar-refractivity contribution is 5.90. The molecule has 0 aromatic heterocycles. The van der Waals surface area contributed by atoms with E-state index in [1.165, 1.54) is 0 Å². The van der Waals surface area contributed by atoms with Gasteiger partial charge in [-0.25, -0.2) is 0 Å². The Hall–Kier alpha value is -2.78. The third-order valence-electron chi connectivity index (χ3n) is 8.86. The Morgan fingerprint density at radius 2 is 1.24 bits per heavy atom. The topological polar surface area (TPSA) is 159 Å². The number of hydrogen-bond donors (Lipinski definition) is 4. The number of amides is 1. The van der Waals surface area contributed by atoms with Crippen LogP contribution in [-0.4, -0.2) is 60.6 Å². The molecule has 0 heterocycles. The van der Waals surface area contributed by atoms with Gasteiger partial charge in [0.15, 0.2) is 5.78 Å². The molecule has 0 saturated carbocycles. The van der Waals surface area contributed by atoms with Gasteiger partial charge in [-0.05, 0) is 74.4 Å². The maximum Gasteiger partial charge on any atom is 0.227 e. The molecule has 2 aromatic carbocycles. The van der Waals surface area contributed by atoms with E-state index in [9.17, 15) is 14.4 Å². The molecule has 8 N–H and O–H groups in total. The van der Waals surface area contributed by atoms with Crippen molar-refractivity contribution in [1.29, 1.82) is 0 Å². The van der Waals surface area contributed by atoms with Crippen molar-refractivity contribution in [2.24, 2.45) is 22.9 Å². The van der Waals surface area contributed by atoms with Gasteiger partial charge in [0.05, 0.1) is 18.9 Å². The normalized spacial score (nSPS) is 12.6. The Morgan fingerprint density at radius 3 is 1.91 bits per heavy atom. The second kappa shape index (κ2) is 24.4. The summed E-state index contributed by atoms with van der Waals surface area (Å²) in [5.74, 6) is 0.445. The third kappa shape index (κ3) is 16.2. The molecular weight excluding hydrogens is 574 g/mol. The van der Waals surface area contributed by atoms with Crippen LogP contribution in [0.2, 0.25) is 0 Å². The number of Topliss-reactive ketones (excluding diaryl/α,β-unsaturated/α-hetero) is 2. The van der Waals surface area contributed by atoms with Gasteiger partial charge in [0.2, 0.25) is 11.9 Å². The molecule has 0 radical (unpaired) electrons. The molecule has 2 atom stereocenters. The van der Waals surface area contributed by atoms with Gasteiger partial charge in [-0.3, -0.25) is 20.1 Å². The fourth-order valence-electron chi connectivity index (χ4n) is 5.92. The molecule has 0 aliphatic heterocycles. The van der Waals surface area contributed by atoms with Gasteiger partial charge >= 0.3 is 0 Å². The van der Waals surface area contributed by atoms with Crippen LogP contribution in [0.25, 0.3) is 10.8 Å². The summed E-state index contributed by atoms with van der Waals surface area (Å²) < 4.78 is 0. The summed E-state index contributed by atoms with van der Waals surface area (Å²) in [5, 5.41) is 2.29. The molecule has 256 valence electrons. The molecule has 0 aliphatic carbocycles. The van der Waals surface area contributed by atoms with Crippen LogP contribution >= 0.6 is 0 Å². The standard InChI is InChI=1S/C38H62N5O3/c39-26-13-11-22-34(41)36(44)24-7-3-1-5-15-28-43(38(46)30-32-20-17-19-31-18-9-10-21-33(31)32)29-16-6-2-4-8-25-37(45)35(42)23-12-14-27-40/h9-10,17-22,34-35H,1-8,11-16,23-30,39-42H2/q+1/t34-,35-/m0/s1. The van der Waals surface area contributed by atoms with Crippen molar-refractivity contribution in [3.8, 4) is 0 Å². The first-order valence-electron chi connectivity index (χ1n) is 17.9. The van der Waals surface area contributed by atoms with Crippen LogP contribution in [0, 0.1) is 6.42 Å². The molecule has 46 heavy (non-hydrogen) atoms. The Bertz CT molecular complexity index is 1090. The quantitative estimate of drug-likeness (QED) is 0.0683. The summed E-state index contributed by atoms with van der Waals surface area (Å²) in [4.78, 5) is 40.1. The van der Waals surface area contributed by atoms with Crippen LogP contribution in [-0.2, 0) is 20.8 Å².